The number of aromatic hydroxyl groups is 2. The molecule has 2 heterocycles. The van der Waals surface area contributed by atoms with Gasteiger partial charge in [0.15, 0.2) is 0 Å². The van der Waals surface area contributed by atoms with Crippen LogP contribution in [0.2, 0.25) is 0 Å². The molecule has 2 aliphatic heterocycles. The molecule has 0 saturated heterocycles. The Morgan fingerprint density at radius 1 is 0.833 bits per heavy atom. The minimum atomic E-state index is 0.0733. The number of nitrogens with zero attached hydrogens (tertiary/aromatic N) is 4. The van der Waals surface area contributed by atoms with E-state index in [0.717, 1.165) is 45.2 Å². The van der Waals surface area contributed by atoms with Crippen molar-refractivity contribution in [1.29, 1.82) is 0 Å². The number of hydrogen-bond donors (Lipinski definition) is 4. The zero-order chi connectivity index (χ0) is 22.0. The highest BCUT2D eigenvalue weighted by atomic mass is 16.3. The van der Waals surface area contributed by atoms with Crippen molar-refractivity contribution in [2.24, 2.45) is 0 Å². The van der Waals surface area contributed by atoms with E-state index in [1.165, 1.54) is 28.9 Å². The van der Waals surface area contributed by atoms with Gasteiger partial charge in [-0.25, -0.2) is 0 Å². The summed E-state index contributed by atoms with van der Waals surface area (Å²) in [6.07, 6.45) is 0. The third kappa shape index (κ3) is 4.34. The van der Waals surface area contributed by atoms with Gasteiger partial charge in [0.2, 0.25) is 0 Å². The maximum Gasteiger partial charge on any atom is 0.139 e. The third-order valence-corrected chi connectivity index (χ3v) is 5.57. The van der Waals surface area contributed by atoms with Gasteiger partial charge < -0.3 is 31.5 Å². The molecule has 2 aliphatic rings. The molecule has 0 amide bonds. The van der Waals surface area contributed by atoms with Crippen molar-refractivity contribution < 1.29 is 10.2 Å². The average molecular weight is 415 g/mol. The fourth-order valence-electron chi connectivity index (χ4n) is 4.25. The van der Waals surface area contributed by atoms with E-state index in [0.29, 0.717) is 17.1 Å². The average Bonchev–Trinajstić information content (AvgIpc) is 2.69. The summed E-state index contributed by atoms with van der Waals surface area (Å²) in [7, 11) is 4.28. The largest absolute Gasteiger partial charge is 0.506 e. The molecule has 4 rings (SSSR count). The number of phenols is 2. The maximum atomic E-state index is 10.5. The second-order valence-corrected chi connectivity index (χ2v) is 8.07. The lowest BCUT2D eigenvalue weighted by Crippen LogP contribution is -2.44. The molecule has 6 N–H and O–H groups in total. The summed E-state index contributed by atoms with van der Waals surface area (Å²) in [5.74, 6) is 0.509. The number of nitrogens with two attached hydrogens (primary N) is 2. The SMILES string of the molecule is CCN1CN(C)Cc2c1c(O)cc1c2N(CC)CN(C)C1.Nc1ccc(O)c(N)c1. The smallest absolute Gasteiger partial charge is 0.139 e. The van der Waals surface area contributed by atoms with Gasteiger partial charge >= 0.3 is 0 Å². The number of fused-ring (bicyclic) bond motifs is 3. The van der Waals surface area contributed by atoms with Crippen molar-refractivity contribution in [1.82, 2.24) is 9.80 Å². The van der Waals surface area contributed by atoms with Gasteiger partial charge in [0.05, 0.1) is 24.7 Å². The quantitative estimate of drug-likeness (QED) is 0.337. The lowest BCUT2D eigenvalue weighted by Gasteiger charge is -2.43. The molecule has 0 atom stereocenters. The first-order valence-corrected chi connectivity index (χ1v) is 10.3. The highest BCUT2D eigenvalue weighted by Crippen LogP contribution is 2.45. The summed E-state index contributed by atoms with van der Waals surface area (Å²) in [4.78, 5) is 9.30. The Hall–Kier alpha value is -2.84. The van der Waals surface area contributed by atoms with Crippen molar-refractivity contribution in [2.45, 2.75) is 26.9 Å². The van der Waals surface area contributed by atoms with E-state index in [9.17, 15) is 5.11 Å². The van der Waals surface area contributed by atoms with E-state index in [1.54, 1.807) is 6.07 Å². The number of phenolic OH excluding ortho intramolecular Hbond substituents is 2. The molecule has 0 fully saturated rings. The number of hydrogen-bond acceptors (Lipinski definition) is 8. The standard InChI is InChI=1S/C16H26N4O.C6H8N2O/c1-5-19-10-17(3)8-12-7-14(21)16-13(15(12)19)9-18(4)11-20(16)6-2;7-4-1-2-6(9)5(8)3-4/h7,21H,5-6,8-11H2,1-4H3;1-3,9H,7-8H2. The molecule has 30 heavy (non-hydrogen) atoms. The minimum absolute atomic E-state index is 0.0733. The van der Waals surface area contributed by atoms with E-state index >= 15 is 0 Å². The molecule has 0 spiro atoms. The molecule has 8 heteroatoms. The molecule has 0 bridgehead atoms. The first-order chi connectivity index (χ1) is 14.2. The molecular weight excluding hydrogens is 380 g/mol. The maximum absolute atomic E-state index is 10.5. The fraction of sp³-hybridized carbons (Fsp3) is 0.455. The van der Waals surface area contributed by atoms with E-state index < -0.39 is 0 Å². The Morgan fingerprint density at radius 2 is 1.43 bits per heavy atom. The van der Waals surface area contributed by atoms with Crippen LogP contribution in [-0.2, 0) is 13.1 Å². The van der Waals surface area contributed by atoms with Crippen LogP contribution in [0.25, 0.3) is 0 Å². The zero-order valence-corrected chi connectivity index (χ0v) is 18.4. The predicted octanol–water partition coefficient (Wildman–Crippen LogP) is 2.41. The normalized spacial score (nSPS) is 16.5. The molecule has 8 nitrogen and oxygen atoms in total. The Morgan fingerprint density at radius 3 is 2.00 bits per heavy atom. The molecule has 0 aliphatic carbocycles. The third-order valence-electron chi connectivity index (χ3n) is 5.57. The van der Waals surface area contributed by atoms with Crippen molar-refractivity contribution in [2.75, 3.05) is 61.8 Å². The van der Waals surface area contributed by atoms with Crippen LogP contribution in [0, 0.1) is 0 Å². The number of rotatable bonds is 2. The summed E-state index contributed by atoms with van der Waals surface area (Å²) >= 11 is 0. The summed E-state index contributed by atoms with van der Waals surface area (Å²) < 4.78 is 0. The Bertz CT molecular complexity index is 904. The fourth-order valence-corrected chi connectivity index (χ4v) is 4.25. The molecule has 0 unspecified atom stereocenters. The van der Waals surface area contributed by atoms with E-state index in [2.05, 4.69) is 47.5 Å². The van der Waals surface area contributed by atoms with Gasteiger partial charge in [-0.3, -0.25) is 9.80 Å². The van der Waals surface area contributed by atoms with Gasteiger partial charge in [0, 0.05) is 43.1 Å². The van der Waals surface area contributed by atoms with Crippen LogP contribution in [0.4, 0.5) is 22.7 Å². The van der Waals surface area contributed by atoms with E-state index in [-0.39, 0.29) is 5.75 Å². The van der Waals surface area contributed by atoms with Gasteiger partial charge in [-0.2, -0.15) is 0 Å². The summed E-state index contributed by atoms with van der Waals surface area (Å²) in [6.45, 7) is 9.89. The minimum Gasteiger partial charge on any atom is -0.506 e. The van der Waals surface area contributed by atoms with Crippen LogP contribution in [0.3, 0.4) is 0 Å². The molecule has 0 aromatic heterocycles. The van der Waals surface area contributed by atoms with Crippen LogP contribution in [0.15, 0.2) is 24.3 Å². The van der Waals surface area contributed by atoms with E-state index in [4.69, 9.17) is 16.6 Å². The first-order valence-electron chi connectivity index (χ1n) is 10.3. The van der Waals surface area contributed by atoms with Crippen LogP contribution in [0.5, 0.6) is 11.5 Å². The Kier molecular flexibility index (Phi) is 6.48. The summed E-state index contributed by atoms with van der Waals surface area (Å²) in [5.41, 5.74) is 16.4. The van der Waals surface area contributed by atoms with Gasteiger partial charge in [-0.05, 0) is 57.8 Å². The topological polar surface area (TPSA) is 105 Å². The van der Waals surface area contributed by atoms with Gasteiger partial charge in [0.1, 0.15) is 11.5 Å². The van der Waals surface area contributed by atoms with Crippen LogP contribution in [-0.4, -0.2) is 60.5 Å². The highest BCUT2D eigenvalue weighted by molar-refractivity contribution is 5.78. The Balaban J connectivity index is 0.000000239. The zero-order valence-electron chi connectivity index (χ0n) is 18.4. The molecule has 164 valence electrons. The van der Waals surface area contributed by atoms with E-state index in [1.807, 2.05) is 6.07 Å². The molecule has 2 aromatic carbocycles. The highest BCUT2D eigenvalue weighted by Gasteiger charge is 2.31. The second-order valence-electron chi connectivity index (χ2n) is 8.07. The van der Waals surface area contributed by atoms with Crippen LogP contribution in [0.1, 0.15) is 25.0 Å². The first kappa shape index (κ1) is 21.9. The Labute approximate surface area is 178 Å². The monoisotopic (exact) mass is 414 g/mol. The van der Waals surface area contributed by atoms with Crippen LogP contribution >= 0.6 is 0 Å². The van der Waals surface area contributed by atoms with Crippen molar-refractivity contribution in [3.05, 3.63) is 35.4 Å². The summed E-state index contributed by atoms with van der Waals surface area (Å²) in [5, 5.41) is 19.4. The summed E-state index contributed by atoms with van der Waals surface area (Å²) in [6, 6.07) is 6.53. The molecule has 0 radical (unpaired) electrons. The number of anilines is 4. The molecule has 2 aromatic rings. The van der Waals surface area contributed by atoms with Crippen molar-refractivity contribution in [3.63, 3.8) is 0 Å². The predicted molar refractivity (Wildman–Crippen MR) is 124 cm³/mol. The lowest BCUT2D eigenvalue weighted by atomic mass is 9.98. The molecular formula is C22H34N6O2. The molecule has 0 saturated carbocycles. The van der Waals surface area contributed by atoms with Gasteiger partial charge in [-0.15, -0.1) is 0 Å². The second kappa shape index (κ2) is 8.89. The lowest BCUT2D eigenvalue weighted by molar-refractivity contribution is 0.293. The van der Waals surface area contributed by atoms with Gasteiger partial charge in [-0.1, -0.05) is 0 Å². The van der Waals surface area contributed by atoms with Crippen molar-refractivity contribution >= 4 is 22.7 Å². The van der Waals surface area contributed by atoms with Gasteiger partial charge in [0.25, 0.3) is 0 Å². The van der Waals surface area contributed by atoms with Crippen LogP contribution < -0.4 is 21.3 Å². The van der Waals surface area contributed by atoms with Crippen molar-refractivity contribution in [3.8, 4) is 11.5 Å². The number of benzene rings is 2. The number of nitrogen functional groups attached to an aromatic ring is 2.